The molecule has 1 rings (SSSR count). The first-order chi connectivity index (χ1) is 9.21. The molecule has 0 radical (unpaired) electrons. The highest BCUT2D eigenvalue weighted by molar-refractivity contribution is 5.28. The largest absolute Gasteiger partial charge is 0.497 e. The highest BCUT2D eigenvalue weighted by Crippen LogP contribution is 2.16. The summed E-state index contributed by atoms with van der Waals surface area (Å²) in [6, 6.07) is 7.54. The number of nitrogens with one attached hydrogen (secondary N) is 1. The number of aliphatic hydroxyl groups excluding tert-OH is 1. The Balaban J connectivity index is 2.28. The Bertz CT molecular complexity index is 337. The van der Waals surface area contributed by atoms with E-state index < -0.39 is 6.10 Å². The second kappa shape index (κ2) is 8.91. The molecular weight excluding hydrogens is 240 g/mol. The van der Waals surface area contributed by atoms with Gasteiger partial charge in [-0.25, -0.2) is 0 Å². The summed E-state index contributed by atoms with van der Waals surface area (Å²) < 4.78 is 5.10. The molecular formula is C15H26N2O2. The lowest BCUT2D eigenvalue weighted by Gasteiger charge is -2.19. The summed E-state index contributed by atoms with van der Waals surface area (Å²) in [5.74, 6) is 0.811. The van der Waals surface area contributed by atoms with E-state index in [9.17, 15) is 5.11 Å². The van der Waals surface area contributed by atoms with Gasteiger partial charge < -0.3 is 20.1 Å². The van der Waals surface area contributed by atoms with Crippen LogP contribution in [0.3, 0.4) is 0 Å². The molecule has 0 bridgehead atoms. The zero-order valence-electron chi connectivity index (χ0n) is 12.2. The van der Waals surface area contributed by atoms with Crippen molar-refractivity contribution in [2.75, 3.05) is 39.8 Å². The lowest BCUT2D eigenvalue weighted by atomic mass is 10.1. The summed E-state index contributed by atoms with van der Waals surface area (Å²) in [6.45, 7) is 8.95. The van der Waals surface area contributed by atoms with Crippen LogP contribution in [0.15, 0.2) is 24.3 Å². The van der Waals surface area contributed by atoms with E-state index in [2.05, 4.69) is 24.1 Å². The lowest BCUT2D eigenvalue weighted by molar-refractivity contribution is 0.172. The van der Waals surface area contributed by atoms with E-state index in [1.807, 2.05) is 24.3 Å². The van der Waals surface area contributed by atoms with Crippen molar-refractivity contribution in [1.82, 2.24) is 10.2 Å². The average Bonchev–Trinajstić information content (AvgIpc) is 2.47. The van der Waals surface area contributed by atoms with Gasteiger partial charge in [0.15, 0.2) is 0 Å². The van der Waals surface area contributed by atoms with Crippen LogP contribution in [0.2, 0.25) is 0 Å². The summed E-state index contributed by atoms with van der Waals surface area (Å²) in [5.41, 5.74) is 0.913. The first-order valence-corrected chi connectivity index (χ1v) is 6.96. The van der Waals surface area contributed by atoms with Gasteiger partial charge in [0.2, 0.25) is 0 Å². The summed E-state index contributed by atoms with van der Waals surface area (Å²) in [4.78, 5) is 2.35. The summed E-state index contributed by atoms with van der Waals surface area (Å²) in [7, 11) is 1.64. The average molecular weight is 266 g/mol. The first-order valence-electron chi connectivity index (χ1n) is 6.96. The lowest BCUT2D eigenvalue weighted by Crippen LogP contribution is -2.33. The van der Waals surface area contributed by atoms with E-state index in [0.717, 1.165) is 37.5 Å². The molecule has 0 heterocycles. The smallest absolute Gasteiger partial charge is 0.118 e. The molecule has 0 aromatic heterocycles. The molecule has 4 nitrogen and oxygen atoms in total. The van der Waals surface area contributed by atoms with Crippen molar-refractivity contribution in [3.63, 3.8) is 0 Å². The second-order valence-corrected chi connectivity index (χ2v) is 4.52. The molecule has 2 N–H and O–H groups in total. The van der Waals surface area contributed by atoms with E-state index in [1.165, 1.54) is 0 Å². The number of likely N-dealkylation sites (N-methyl/N-ethyl adjacent to an activating group) is 1. The fourth-order valence-electron chi connectivity index (χ4n) is 1.96. The number of rotatable bonds is 9. The number of nitrogens with zero attached hydrogens (tertiary/aromatic N) is 1. The molecule has 0 spiro atoms. The standard InChI is InChI=1S/C15H26N2O2/c1-4-17(5-2)11-10-16-12-15(18)13-6-8-14(19-3)9-7-13/h6-9,15-16,18H,4-5,10-12H2,1-3H3. The summed E-state index contributed by atoms with van der Waals surface area (Å²) in [6.07, 6.45) is -0.470. The van der Waals surface area contributed by atoms with Gasteiger partial charge in [-0.05, 0) is 30.8 Å². The highest BCUT2D eigenvalue weighted by Gasteiger charge is 2.07. The number of aliphatic hydroxyl groups is 1. The van der Waals surface area contributed by atoms with Crippen molar-refractivity contribution < 1.29 is 9.84 Å². The molecule has 108 valence electrons. The maximum atomic E-state index is 10.0. The van der Waals surface area contributed by atoms with Crippen LogP contribution in [0, 0.1) is 0 Å². The quantitative estimate of drug-likeness (QED) is 0.667. The van der Waals surface area contributed by atoms with Crippen molar-refractivity contribution in [3.05, 3.63) is 29.8 Å². The Labute approximate surface area is 116 Å². The minimum atomic E-state index is -0.470. The third kappa shape index (κ3) is 5.59. The van der Waals surface area contributed by atoms with Crippen LogP contribution in [0.5, 0.6) is 5.75 Å². The topological polar surface area (TPSA) is 44.7 Å². The normalized spacial score (nSPS) is 12.7. The van der Waals surface area contributed by atoms with Crippen molar-refractivity contribution in [2.24, 2.45) is 0 Å². The minimum Gasteiger partial charge on any atom is -0.497 e. The van der Waals surface area contributed by atoms with Crippen LogP contribution in [0.1, 0.15) is 25.5 Å². The van der Waals surface area contributed by atoms with Gasteiger partial charge in [0.1, 0.15) is 5.75 Å². The molecule has 0 saturated carbocycles. The maximum absolute atomic E-state index is 10.0. The van der Waals surface area contributed by atoms with E-state index in [4.69, 9.17) is 4.74 Å². The third-order valence-electron chi connectivity index (χ3n) is 3.34. The molecule has 0 fully saturated rings. The molecule has 0 saturated heterocycles. The molecule has 0 amide bonds. The Kier molecular flexibility index (Phi) is 7.48. The highest BCUT2D eigenvalue weighted by atomic mass is 16.5. The Morgan fingerprint density at radius 2 is 1.84 bits per heavy atom. The van der Waals surface area contributed by atoms with E-state index >= 15 is 0 Å². The third-order valence-corrected chi connectivity index (χ3v) is 3.34. The van der Waals surface area contributed by atoms with Crippen LogP contribution < -0.4 is 10.1 Å². The molecule has 1 aromatic rings. The molecule has 4 heteroatoms. The van der Waals surface area contributed by atoms with Crippen LogP contribution in [-0.2, 0) is 0 Å². The number of methoxy groups -OCH3 is 1. The SMILES string of the molecule is CCN(CC)CCNCC(O)c1ccc(OC)cc1. The zero-order chi connectivity index (χ0) is 14.1. The van der Waals surface area contributed by atoms with Crippen LogP contribution in [-0.4, -0.2) is 49.8 Å². The van der Waals surface area contributed by atoms with Crippen molar-refractivity contribution in [3.8, 4) is 5.75 Å². The molecule has 0 aliphatic carbocycles. The van der Waals surface area contributed by atoms with E-state index in [0.29, 0.717) is 6.54 Å². The Hall–Kier alpha value is -1.10. The summed E-state index contributed by atoms with van der Waals surface area (Å²) >= 11 is 0. The first kappa shape index (κ1) is 16.0. The molecule has 1 aromatic carbocycles. The van der Waals surface area contributed by atoms with Crippen molar-refractivity contribution in [1.29, 1.82) is 0 Å². The molecule has 1 unspecified atom stereocenters. The van der Waals surface area contributed by atoms with Gasteiger partial charge in [-0.2, -0.15) is 0 Å². The van der Waals surface area contributed by atoms with Crippen LogP contribution in [0.25, 0.3) is 0 Å². The second-order valence-electron chi connectivity index (χ2n) is 4.52. The number of hydrogen-bond donors (Lipinski definition) is 2. The molecule has 19 heavy (non-hydrogen) atoms. The Morgan fingerprint density at radius 3 is 2.37 bits per heavy atom. The fraction of sp³-hybridized carbons (Fsp3) is 0.600. The van der Waals surface area contributed by atoms with Gasteiger partial charge >= 0.3 is 0 Å². The zero-order valence-corrected chi connectivity index (χ0v) is 12.2. The number of ether oxygens (including phenoxy) is 1. The minimum absolute atomic E-state index is 0.470. The molecule has 0 aliphatic rings. The van der Waals surface area contributed by atoms with Crippen LogP contribution in [0.4, 0.5) is 0 Å². The Morgan fingerprint density at radius 1 is 1.21 bits per heavy atom. The summed E-state index contributed by atoms with van der Waals surface area (Å²) in [5, 5.41) is 13.3. The molecule has 1 atom stereocenters. The van der Waals surface area contributed by atoms with E-state index in [-0.39, 0.29) is 0 Å². The van der Waals surface area contributed by atoms with Gasteiger partial charge in [-0.1, -0.05) is 26.0 Å². The van der Waals surface area contributed by atoms with Crippen LogP contribution >= 0.6 is 0 Å². The number of hydrogen-bond acceptors (Lipinski definition) is 4. The van der Waals surface area contributed by atoms with Gasteiger partial charge in [0.05, 0.1) is 13.2 Å². The predicted molar refractivity (Wildman–Crippen MR) is 78.6 cm³/mol. The fourth-order valence-corrected chi connectivity index (χ4v) is 1.96. The molecule has 0 aliphatic heterocycles. The monoisotopic (exact) mass is 266 g/mol. The van der Waals surface area contributed by atoms with E-state index in [1.54, 1.807) is 7.11 Å². The predicted octanol–water partition coefficient (Wildman–Crippen LogP) is 1.66. The van der Waals surface area contributed by atoms with Gasteiger partial charge in [0, 0.05) is 19.6 Å². The van der Waals surface area contributed by atoms with Gasteiger partial charge in [-0.3, -0.25) is 0 Å². The van der Waals surface area contributed by atoms with Crippen molar-refractivity contribution in [2.45, 2.75) is 20.0 Å². The maximum Gasteiger partial charge on any atom is 0.118 e. The van der Waals surface area contributed by atoms with Crippen molar-refractivity contribution >= 4 is 0 Å². The van der Waals surface area contributed by atoms with Gasteiger partial charge in [-0.15, -0.1) is 0 Å². The number of benzene rings is 1. The van der Waals surface area contributed by atoms with Gasteiger partial charge in [0.25, 0.3) is 0 Å².